The fourth-order valence-corrected chi connectivity index (χ4v) is 2.58. The molecule has 0 spiro atoms. The first-order chi connectivity index (χ1) is 9.77. The Balaban J connectivity index is 2.04. The molecule has 20 heavy (non-hydrogen) atoms. The lowest BCUT2D eigenvalue weighted by Crippen LogP contribution is -2.02. The van der Waals surface area contributed by atoms with E-state index in [1.54, 1.807) is 23.1 Å². The van der Waals surface area contributed by atoms with Gasteiger partial charge >= 0.3 is 0 Å². The van der Waals surface area contributed by atoms with Crippen LogP contribution in [0.3, 0.4) is 0 Å². The Kier molecular flexibility index (Phi) is 2.06. The summed E-state index contributed by atoms with van der Waals surface area (Å²) in [6.45, 7) is 0. The van der Waals surface area contributed by atoms with Gasteiger partial charge in [-0.05, 0) is 18.2 Å². The van der Waals surface area contributed by atoms with Crippen molar-refractivity contribution in [1.29, 1.82) is 0 Å². The number of nitrogens with zero attached hydrogens (tertiary/aromatic N) is 3. The van der Waals surface area contributed by atoms with Gasteiger partial charge in [-0.25, -0.2) is 9.67 Å². The number of carbonyl (C=O) groups is 1. The normalized spacial score (nSPS) is 12.3. The number of pyridine rings is 1. The largest absolute Gasteiger partial charge is 0.398 e. The number of ketones is 1. The van der Waals surface area contributed by atoms with Crippen LogP contribution < -0.4 is 5.73 Å². The number of nitrogen functional groups attached to an aromatic ring is 1. The number of aromatic nitrogens is 3. The van der Waals surface area contributed by atoms with E-state index in [2.05, 4.69) is 10.1 Å². The van der Waals surface area contributed by atoms with Crippen molar-refractivity contribution in [3.8, 4) is 17.1 Å². The van der Waals surface area contributed by atoms with Gasteiger partial charge in [0.25, 0.3) is 0 Å². The van der Waals surface area contributed by atoms with Crippen LogP contribution >= 0.6 is 0 Å². The Morgan fingerprint density at radius 2 is 1.95 bits per heavy atom. The standard InChI is InChI=1S/C15H10N4O/c16-11-5-3-4-9-13(11)15(20)10-8-18-19(14(9)10)12-6-1-2-7-17-12/h1-8H,16H2. The van der Waals surface area contributed by atoms with Crippen LogP contribution in [0.2, 0.25) is 0 Å². The van der Waals surface area contributed by atoms with Gasteiger partial charge < -0.3 is 5.73 Å². The maximum Gasteiger partial charge on any atom is 0.199 e. The molecule has 0 unspecified atom stereocenters. The first-order valence-corrected chi connectivity index (χ1v) is 6.20. The average Bonchev–Trinajstić information content (AvgIpc) is 3.02. The van der Waals surface area contributed by atoms with E-state index in [-0.39, 0.29) is 5.78 Å². The summed E-state index contributed by atoms with van der Waals surface area (Å²) in [6.07, 6.45) is 3.27. The molecule has 1 aliphatic rings. The van der Waals surface area contributed by atoms with E-state index in [0.29, 0.717) is 22.6 Å². The van der Waals surface area contributed by atoms with Crippen LogP contribution in [0, 0.1) is 0 Å². The second-order valence-corrected chi connectivity index (χ2v) is 4.61. The van der Waals surface area contributed by atoms with Crippen molar-refractivity contribution in [3.63, 3.8) is 0 Å². The number of anilines is 1. The number of fused-ring (bicyclic) bond motifs is 3. The smallest absolute Gasteiger partial charge is 0.199 e. The predicted molar refractivity (Wildman–Crippen MR) is 74.6 cm³/mol. The first kappa shape index (κ1) is 10.9. The predicted octanol–water partition coefficient (Wildman–Crippen LogP) is 2.06. The molecule has 2 aromatic heterocycles. The van der Waals surface area contributed by atoms with E-state index in [4.69, 9.17) is 5.73 Å². The molecule has 0 atom stereocenters. The number of hydrogen-bond acceptors (Lipinski definition) is 4. The van der Waals surface area contributed by atoms with Gasteiger partial charge in [0.15, 0.2) is 11.6 Å². The lowest BCUT2D eigenvalue weighted by Gasteiger charge is -2.06. The molecule has 0 aliphatic heterocycles. The summed E-state index contributed by atoms with van der Waals surface area (Å²) in [4.78, 5) is 16.7. The van der Waals surface area contributed by atoms with Gasteiger partial charge in [0.2, 0.25) is 0 Å². The van der Waals surface area contributed by atoms with E-state index < -0.39 is 0 Å². The van der Waals surface area contributed by atoms with Gasteiger partial charge in [-0.1, -0.05) is 18.2 Å². The summed E-state index contributed by atoms with van der Waals surface area (Å²) in [5, 5.41) is 4.28. The van der Waals surface area contributed by atoms with E-state index in [9.17, 15) is 4.79 Å². The molecule has 5 heteroatoms. The molecule has 0 radical (unpaired) electrons. The van der Waals surface area contributed by atoms with Crippen molar-refractivity contribution < 1.29 is 4.79 Å². The summed E-state index contributed by atoms with van der Waals surface area (Å²) in [5.41, 5.74) is 9.13. The summed E-state index contributed by atoms with van der Waals surface area (Å²) < 4.78 is 1.68. The van der Waals surface area contributed by atoms with E-state index >= 15 is 0 Å². The highest BCUT2D eigenvalue weighted by Gasteiger charge is 2.32. The Morgan fingerprint density at radius 3 is 2.75 bits per heavy atom. The number of benzene rings is 1. The minimum absolute atomic E-state index is 0.0738. The zero-order chi connectivity index (χ0) is 13.7. The fraction of sp³-hybridized carbons (Fsp3) is 0. The van der Waals surface area contributed by atoms with Crippen LogP contribution in [0.25, 0.3) is 17.1 Å². The zero-order valence-corrected chi connectivity index (χ0v) is 10.4. The van der Waals surface area contributed by atoms with Crippen molar-refractivity contribution in [2.75, 3.05) is 5.73 Å². The molecule has 0 fully saturated rings. The van der Waals surface area contributed by atoms with Crippen LogP contribution in [0.15, 0.2) is 48.8 Å². The molecule has 96 valence electrons. The van der Waals surface area contributed by atoms with Crippen LogP contribution in [0.4, 0.5) is 5.69 Å². The second-order valence-electron chi connectivity index (χ2n) is 4.61. The average molecular weight is 262 g/mol. The third-order valence-corrected chi connectivity index (χ3v) is 3.46. The number of carbonyl (C=O) groups excluding carboxylic acids is 1. The molecule has 2 heterocycles. The highest BCUT2D eigenvalue weighted by atomic mass is 16.1. The second kappa shape index (κ2) is 3.77. The van der Waals surface area contributed by atoms with Gasteiger partial charge in [-0.2, -0.15) is 5.10 Å². The molecule has 1 aliphatic carbocycles. The van der Waals surface area contributed by atoms with Crippen LogP contribution in [-0.4, -0.2) is 20.5 Å². The highest BCUT2D eigenvalue weighted by Crippen LogP contribution is 2.39. The zero-order valence-electron chi connectivity index (χ0n) is 10.4. The molecule has 3 aromatic rings. The molecular weight excluding hydrogens is 252 g/mol. The maximum atomic E-state index is 12.4. The quantitative estimate of drug-likeness (QED) is 0.533. The number of rotatable bonds is 1. The summed E-state index contributed by atoms with van der Waals surface area (Å²) in [6, 6.07) is 11.0. The van der Waals surface area contributed by atoms with Crippen molar-refractivity contribution in [2.24, 2.45) is 0 Å². The summed E-state index contributed by atoms with van der Waals surface area (Å²) in [5.74, 6) is 0.604. The molecule has 1 aromatic carbocycles. The third-order valence-electron chi connectivity index (χ3n) is 3.46. The molecule has 0 bridgehead atoms. The molecule has 0 saturated heterocycles. The first-order valence-electron chi connectivity index (χ1n) is 6.20. The lowest BCUT2D eigenvalue weighted by molar-refractivity contribution is 0.104. The minimum Gasteiger partial charge on any atom is -0.398 e. The Morgan fingerprint density at radius 1 is 1.05 bits per heavy atom. The van der Waals surface area contributed by atoms with Gasteiger partial charge in [-0.3, -0.25) is 4.79 Å². The molecule has 0 amide bonds. The molecule has 4 rings (SSSR count). The topological polar surface area (TPSA) is 73.8 Å². The van der Waals surface area contributed by atoms with Gasteiger partial charge in [0.1, 0.15) is 0 Å². The molecule has 2 N–H and O–H groups in total. The minimum atomic E-state index is -0.0738. The Labute approximate surface area is 114 Å². The van der Waals surface area contributed by atoms with Crippen molar-refractivity contribution in [2.45, 2.75) is 0 Å². The van der Waals surface area contributed by atoms with Gasteiger partial charge in [0.05, 0.1) is 23.0 Å². The van der Waals surface area contributed by atoms with Gasteiger partial charge in [-0.15, -0.1) is 0 Å². The monoisotopic (exact) mass is 262 g/mol. The number of nitrogens with two attached hydrogens (primary N) is 1. The molecular formula is C15H10N4O. The van der Waals surface area contributed by atoms with E-state index in [1.807, 2.05) is 30.3 Å². The SMILES string of the molecule is Nc1cccc2c1C(=O)c1cnn(-c3ccccn3)c1-2. The van der Waals surface area contributed by atoms with Crippen LogP contribution in [-0.2, 0) is 0 Å². The van der Waals surface area contributed by atoms with Crippen molar-refractivity contribution in [3.05, 3.63) is 59.9 Å². The Hall–Kier alpha value is -2.95. The fourth-order valence-electron chi connectivity index (χ4n) is 2.58. The van der Waals surface area contributed by atoms with Gasteiger partial charge in [0, 0.05) is 17.4 Å². The van der Waals surface area contributed by atoms with Crippen LogP contribution in [0.1, 0.15) is 15.9 Å². The van der Waals surface area contributed by atoms with E-state index in [1.165, 1.54) is 0 Å². The third kappa shape index (κ3) is 1.29. The van der Waals surface area contributed by atoms with Crippen LogP contribution in [0.5, 0.6) is 0 Å². The maximum absolute atomic E-state index is 12.4. The molecule has 5 nitrogen and oxygen atoms in total. The van der Waals surface area contributed by atoms with E-state index in [0.717, 1.165) is 11.3 Å². The summed E-state index contributed by atoms with van der Waals surface area (Å²) >= 11 is 0. The lowest BCUT2D eigenvalue weighted by atomic mass is 10.1. The number of hydrogen-bond donors (Lipinski definition) is 1. The van der Waals surface area contributed by atoms with Crippen molar-refractivity contribution >= 4 is 11.5 Å². The molecule has 0 saturated carbocycles. The highest BCUT2D eigenvalue weighted by molar-refractivity contribution is 6.23. The Bertz CT molecular complexity index is 836. The summed E-state index contributed by atoms with van der Waals surface area (Å²) in [7, 11) is 0. The van der Waals surface area contributed by atoms with Crippen molar-refractivity contribution in [1.82, 2.24) is 14.8 Å².